The van der Waals surface area contributed by atoms with Crippen LogP contribution in [-0.2, 0) is 19.1 Å². The van der Waals surface area contributed by atoms with E-state index in [1.807, 2.05) is 18.2 Å². The zero-order valence-electron chi connectivity index (χ0n) is 22.4. The van der Waals surface area contributed by atoms with Crippen molar-refractivity contribution in [2.24, 2.45) is 11.8 Å². The molecule has 2 aromatic heterocycles. The molecule has 204 valence electrons. The summed E-state index contributed by atoms with van der Waals surface area (Å²) >= 11 is 0. The highest BCUT2D eigenvalue weighted by atomic mass is 19.4. The van der Waals surface area contributed by atoms with Crippen molar-refractivity contribution < 1.29 is 13.2 Å². The van der Waals surface area contributed by atoms with Gasteiger partial charge in [-0.3, -0.25) is 9.88 Å². The number of hydrogen-bond donors (Lipinski definition) is 1. The Kier molecular flexibility index (Phi) is 8.12. The van der Waals surface area contributed by atoms with E-state index in [2.05, 4.69) is 41.2 Å². The molecule has 1 aliphatic rings. The molecule has 3 heterocycles. The summed E-state index contributed by atoms with van der Waals surface area (Å²) in [5, 5.41) is 4.25. The normalized spacial score (nSPS) is 18.4. The van der Waals surface area contributed by atoms with Crippen LogP contribution in [0.25, 0.3) is 22.2 Å². The van der Waals surface area contributed by atoms with Gasteiger partial charge in [0.25, 0.3) is 0 Å². The van der Waals surface area contributed by atoms with E-state index in [4.69, 9.17) is 9.97 Å². The van der Waals surface area contributed by atoms with Gasteiger partial charge in [0.1, 0.15) is 11.6 Å². The number of alkyl halides is 3. The highest BCUT2D eigenvalue weighted by Crippen LogP contribution is 2.37. The molecule has 5 rings (SSSR count). The summed E-state index contributed by atoms with van der Waals surface area (Å²) in [5.41, 5.74) is 1.35. The van der Waals surface area contributed by atoms with E-state index >= 15 is 0 Å². The van der Waals surface area contributed by atoms with Gasteiger partial charge in [-0.25, -0.2) is 9.97 Å². The summed E-state index contributed by atoms with van der Waals surface area (Å²) in [7, 11) is 0. The third kappa shape index (κ3) is 6.56. The molecule has 39 heavy (non-hydrogen) atoms. The molecule has 0 bridgehead atoms. The van der Waals surface area contributed by atoms with Gasteiger partial charge in [-0.2, -0.15) is 13.2 Å². The summed E-state index contributed by atoms with van der Waals surface area (Å²) in [6.07, 6.45) is 0.0801. The maximum atomic E-state index is 13.7. The molecular formula is C31H34F3N5. The van der Waals surface area contributed by atoms with Crippen molar-refractivity contribution in [2.75, 3.05) is 25.0 Å². The molecule has 2 atom stereocenters. The molecule has 0 amide bonds. The maximum Gasteiger partial charge on any atom is 0.418 e. The highest BCUT2D eigenvalue weighted by Gasteiger charge is 2.34. The van der Waals surface area contributed by atoms with Crippen molar-refractivity contribution in [3.05, 3.63) is 83.8 Å². The van der Waals surface area contributed by atoms with E-state index in [9.17, 15) is 13.2 Å². The minimum Gasteiger partial charge on any atom is -0.369 e. The fraction of sp³-hybridized carbons (Fsp3) is 0.387. The van der Waals surface area contributed by atoms with Crippen LogP contribution in [0.5, 0.6) is 0 Å². The van der Waals surface area contributed by atoms with Crippen LogP contribution in [0, 0.1) is 11.8 Å². The Morgan fingerprint density at radius 2 is 1.82 bits per heavy atom. The van der Waals surface area contributed by atoms with E-state index in [0.717, 1.165) is 37.4 Å². The molecule has 1 aliphatic heterocycles. The number of nitrogens with zero attached hydrogens (tertiary/aromatic N) is 4. The van der Waals surface area contributed by atoms with Crippen molar-refractivity contribution in [2.45, 2.75) is 45.8 Å². The lowest BCUT2D eigenvalue weighted by Gasteiger charge is -2.35. The lowest BCUT2D eigenvalue weighted by atomic mass is 9.89. The lowest BCUT2D eigenvalue weighted by molar-refractivity contribution is -0.137. The van der Waals surface area contributed by atoms with Crippen molar-refractivity contribution in [3.63, 3.8) is 0 Å². The maximum absolute atomic E-state index is 13.7. The molecule has 1 N–H and O–H groups in total. The highest BCUT2D eigenvalue weighted by molar-refractivity contribution is 5.92. The zero-order valence-corrected chi connectivity index (χ0v) is 22.4. The van der Waals surface area contributed by atoms with Crippen molar-refractivity contribution in [1.82, 2.24) is 19.9 Å². The molecule has 0 aliphatic carbocycles. The van der Waals surface area contributed by atoms with E-state index in [1.54, 1.807) is 18.2 Å². The van der Waals surface area contributed by atoms with Crippen LogP contribution in [0.15, 0.2) is 66.9 Å². The topological polar surface area (TPSA) is 53.9 Å². The number of benzene rings is 2. The standard InChI is InChI=1S/C31H34F3N5/c1-3-22-16-21(2)18-39(19-22)20-28-37-27-17-24(29-26(31(32,33)34)10-7-14-35-29)11-12-25(27)30(38-28)36-15-13-23-8-5-4-6-9-23/h4-12,14,17,21-22H,3,13,15-16,18-20H2,1-2H3,(H,36,37,38). The fourth-order valence-electron chi connectivity index (χ4n) is 5.59. The summed E-state index contributed by atoms with van der Waals surface area (Å²) in [6.45, 7) is 7.78. The number of pyridine rings is 1. The Labute approximate surface area is 227 Å². The van der Waals surface area contributed by atoms with Gasteiger partial charge in [-0.1, -0.05) is 56.7 Å². The van der Waals surface area contributed by atoms with E-state index < -0.39 is 11.7 Å². The Morgan fingerprint density at radius 3 is 2.59 bits per heavy atom. The third-order valence-electron chi connectivity index (χ3n) is 7.44. The monoisotopic (exact) mass is 533 g/mol. The summed E-state index contributed by atoms with van der Waals surface area (Å²) in [5.74, 6) is 2.62. The molecule has 5 nitrogen and oxygen atoms in total. The molecule has 0 spiro atoms. The number of rotatable bonds is 8. The predicted molar refractivity (Wildman–Crippen MR) is 149 cm³/mol. The molecule has 2 aromatic carbocycles. The Morgan fingerprint density at radius 1 is 1.00 bits per heavy atom. The van der Waals surface area contributed by atoms with Gasteiger partial charge >= 0.3 is 6.18 Å². The smallest absolute Gasteiger partial charge is 0.369 e. The SMILES string of the molecule is CCC1CC(C)CN(Cc2nc(NCCc3ccccc3)c3ccc(-c4ncccc4C(F)(F)F)cc3n2)C1. The first-order valence-electron chi connectivity index (χ1n) is 13.6. The van der Waals surface area contributed by atoms with Crippen molar-refractivity contribution in [1.29, 1.82) is 0 Å². The van der Waals surface area contributed by atoms with Crippen LogP contribution < -0.4 is 5.32 Å². The third-order valence-corrected chi connectivity index (χ3v) is 7.44. The largest absolute Gasteiger partial charge is 0.418 e. The number of nitrogens with one attached hydrogen (secondary N) is 1. The number of fused-ring (bicyclic) bond motifs is 1. The second-order valence-corrected chi connectivity index (χ2v) is 10.6. The van der Waals surface area contributed by atoms with Crippen LogP contribution in [-0.4, -0.2) is 39.5 Å². The molecule has 8 heteroatoms. The summed E-state index contributed by atoms with van der Waals surface area (Å²) in [6, 6.07) is 17.8. The van der Waals surface area contributed by atoms with E-state index in [1.165, 1.54) is 24.2 Å². The van der Waals surface area contributed by atoms with Crippen LogP contribution in [0.1, 0.15) is 43.6 Å². The van der Waals surface area contributed by atoms with Gasteiger partial charge < -0.3 is 5.32 Å². The van der Waals surface area contributed by atoms with Crippen LogP contribution in [0.2, 0.25) is 0 Å². The van der Waals surface area contributed by atoms with Gasteiger partial charge in [0.05, 0.1) is 23.3 Å². The fourth-order valence-corrected chi connectivity index (χ4v) is 5.59. The van der Waals surface area contributed by atoms with E-state index in [0.29, 0.717) is 47.6 Å². The number of halogens is 3. The van der Waals surface area contributed by atoms with Crippen molar-refractivity contribution >= 4 is 16.7 Å². The second-order valence-electron chi connectivity index (χ2n) is 10.6. The van der Waals surface area contributed by atoms with Crippen LogP contribution in [0.4, 0.5) is 19.0 Å². The summed E-state index contributed by atoms with van der Waals surface area (Å²) < 4.78 is 41.2. The first-order chi connectivity index (χ1) is 18.8. The number of aromatic nitrogens is 3. The molecule has 1 fully saturated rings. The van der Waals surface area contributed by atoms with Gasteiger partial charge in [0.2, 0.25) is 0 Å². The Bertz CT molecular complexity index is 1410. The second kappa shape index (κ2) is 11.7. The van der Waals surface area contributed by atoms with Crippen LogP contribution >= 0.6 is 0 Å². The minimum absolute atomic E-state index is 0.0960. The lowest BCUT2D eigenvalue weighted by Crippen LogP contribution is -2.39. The molecule has 4 aromatic rings. The Hall–Kier alpha value is -3.52. The van der Waals surface area contributed by atoms with Gasteiger partial charge in [-0.15, -0.1) is 0 Å². The van der Waals surface area contributed by atoms with Crippen LogP contribution in [0.3, 0.4) is 0 Å². The average molecular weight is 534 g/mol. The molecular weight excluding hydrogens is 499 g/mol. The number of piperidine rings is 1. The molecule has 2 unspecified atom stereocenters. The number of likely N-dealkylation sites (tertiary alicyclic amines) is 1. The average Bonchev–Trinajstić information content (AvgIpc) is 2.92. The minimum atomic E-state index is -4.50. The van der Waals surface area contributed by atoms with E-state index in [-0.39, 0.29) is 5.69 Å². The summed E-state index contributed by atoms with van der Waals surface area (Å²) in [4.78, 5) is 16.2. The Balaban J connectivity index is 1.50. The quantitative estimate of drug-likeness (QED) is 0.259. The molecule has 1 saturated heterocycles. The number of anilines is 1. The number of hydrogen-bond acceptors (Lipinski definition) is 5. The molecule has 0 saturated carbocycles. The molecule has 0 radical (unpaired) electrons. The predicted octanol–water partition coefficient (Wildman–Crippen LogP) is 7.23. The zero-order chi connectivity index (χ0) is 27.4. The van der Waals surface area contributed by atoms with Crippen molar-refractivity contribution in [3.8, 4) is 11.3 Å². The van der Waals surface area contributed by atoms with Gasteiger partial charge in [0, 0.05) is 36.8 Å². The van der Waals surface area contributed by atoms with Gasteiger partial charge in [-0.05, 0) is 54.5 Å². The first-order valence-corrected chi connectivity index (χ1v) is 13.6. The first kappa shape index (κ1) is 27.1. The van der Waals surface area contributed by atoms with Gasteiger partial charge in [0.15, 0.2) is 0 Å².